The van der Waals surface area contributed by atoms with E-state index < -0.39 is 0 Å². The Bertz CT molecular complexity index is 588. The van der Waals surface area contributed by atoms with Crippen molar-refractivity contribution in [2.75, 3.05) is 7.11 Å². The molecule has 2 rings (SSSR count). The van der Waals surface area contributed by atoms with Gasteiger partial charge in [0, 0.05) is 11.4 Å². The highest BCUT2D eigenvalue weighted by Crippen LogP contribution is 2.15. The van der Waals surface area contributed by atoms with E-state index in [0.717, 1.165) is 11.4 Å². The average molecular weight is 292 g/mol. The summed E-state index contributed by atoms with van der Waals surface area (Å²) in [5, 5.41) is 26.5. The molecule has 0 amide bonds. The van der Waals surface area contributed by atoms with Crippen LogP contribution >= 0.6 is 0 Å². The van der Waals surface area contributed by atoms with Gasteiger partial charge < -0.3 is 20.1 Å². The first-order valence-corrected chi connectivity index (χ1v) is 6.39. The van der Waals surface area contributed by atoms with Crippen LogP contribution < -0.4 is 4.74 Å². The van der Waals surface area contributed by atoms with Crippen LogP contribution in [0.2, 0.25) is 0 Å². The summed E-state index contributed by atoms with van der Waals surface area (Å²) in [7, 11) is 1.56. The van der Waals surface area contributed by atoms with Crippen LogP contribution in [0, 0.1) is 13.8 Å². The number of pyridine rings is 2. The van der Waals surface area contributed by atoms with Gasteiger partial charge in [0.2, 0.25) is 0 Å². The van der Waals surface area contributed by atoms with Gasteiger partial charge in [-0.25, -0.2) is 0 Å². The summed E-state index contributed by atoms with van der Waals surface area (Å²) in [5.74, 6) is 0.686. The van der Waals surface area contributed by atoms with E-state index in [1.54, 1.807) is 26.2 Å². The van der Waals surface area contributed by atoms with Crippen molar-refractivity contribution in [3.8, 4) is 11.5 Å². The van der Waals surface area contributed by atoms with Gasteiger partial charge in [-0.2, -0.15) is 0 Å². The number of hydrogen-bond acceptors (Lipinski definition) is 6. The lowest BCUT2D eigenvalue weighted by molar-refractivity contribution is 0.267. The number of hydrogen-bond donors (Lipinski definition) is 3. The first-order valence-electron chi connectivity index (χ1n) is 6.39. The molecule has 0 aliphatic rings. The molecule has 0 saturated heterocycles. The Labute approximate surface area is 123 Å². The van der Waals surface area contributed by atoms with Gasteiger partial charge in [-0.1, -0.05) is 0 Å². The van der Waals surface area contributed by atoms with Crippen LogP contribution in [0.15, 0.2) is 24.3 Å². The highest BCUT2D eigenvalue weighted by Gasteiger charge is 2.01. The molecule has 114 valence electrons. The molecule has 3 N–H and O–H groups in total. The molecule has 0 radical (unpaired) electrons. The fraction of sp³-hybridized carbons (Fsp3) is 0.333. The van der Waals surface area contributed by atoms with Gasteiger partial charge >= 0.3 is 0 Å². The molecule has 0 aromatic carbocycles. The Kier molecular flexibility index (Phi) is 6.58. The van der Waals surface area contributed by atoms with Gasteiger partial charge in [0.15, 0.2) is 0 Å². The van der Waals surface area contributed by atoms with Crippen molar-refractivity contribution in [2.45, 2.75) is 27.1 Å². The molecule has 0 bridgehead atoms. The van der Waals surface area contributed by atoms with Gasteiger partial charge in [0.25, 0.3) is 0 Å². The van der Waals surface area contributed by atoms with Crippen molar-refractivity contribution < 1.29 is 20.1 Å². The van der Waals surface area contributed by atoms with E-state index in [-0.39, 0.29) is 19.0 Å². The maximum atomic E-state index is 9.01. The number of aromatic nitrogens is 2. The van der Waals surface area contributed by atoms with E-state index in [4.69, 9.17) is 20.1 Å². The molecule has 2 aromatic heterocycles. The fourth-order valence-corrected chi connectivity index (χ4v) is 1.62. The van der Waals surface area contributed by atoms with Crippen LogP contribution in [0.5, 0.6) is 11.5 Å². The van der Waals surface area contributed by atoms with Crippen molar-refractivity contribution in [1.82, 2.24) is 9.97 Å². The minimum Gasteiger partial charge on any atom is -0.506 e. The molecule has 6 nitrogen and oxygen atoms in total. The molecule has 0 saturated carbocycles. The van der Waals surface area contributed by atoms with E-state index >= 15 is 0 Å². The minimum atomic E-state index is -0.215. The first kappa shape index (κ1) is 16.9. The van der Waals surface area contributed by atoms with Crippen molar-refractivity contribution in [1.29, 1.82) is 0 Å². The quantitative estimate of drug-likeness (QED) is 0.793. The summed E-state index contributed by atoms with van der Waals surface area (Å²) >= 11 is 0. The fourth-order valence-electron chi connectivity index (χ4n) is 1.62. The van der Waals surface area contributed by atoms with Gasteiger partial charge in [-0.3, -0.25) is 9.97 Å². The van der Waals surface area contributed by atoms with E-state index in [2.05, 4.69) is 9.97 Å². The number of nitrogens with zero attached hydrogens (tertiary/aromatic N) is 2. The summed E-state index contributed by atoms with van der Waals surface area (Å²) in [6.45, 7) is 3.38. The Morgan fingerprint density at radius 1 is 0.905 bits per heavy atom. The van der Waals surface area contributed by atoms with Gasteiger partial charge in [-0.05, 0) is 38.1 Å². The largest absolute Gasteiger partial charge is 0.506 e. The van der Waals surface area contributed by atoms with Crippen LogP contribution in [0.25, 0.3) is 0 Å². The maximum absolute atomic E-state index is 9.01. The van der Waals surface area contributed by atoms with Gasteiger partial charge in [0.05, 0.1) is 20.3 Å². The number of methoxy groups -OCH3 is 1. The molecule has 0 spiro atoms. The molecule has 0 aliphatic heterocycles. The third-order valence-corrected chi connectivity index (χ3v) is 2.68. The molecular weight excluding hydrogens is 272 g/mol. The third kappa shape index (κ3) is 5.02. The van der Waals surface area contributed by atoms with Crippen LogP contribution in [0.1, 0.15) is 22.8 Å². The number of rotatable bonds is 3. The van der Waals surface area contributed by atoms with E-state index in [0.29, 0.717) is 17.1 Å². The Morgan fingerprint density at radius 2 is 1.43 bits per heavy atom. The lowest BCUT2D eigenvalue weighted by atomic mass is 10.3. The summed E-state index contributed by atoms with van der Waals surface area (Å²) in [4.78, 5) is 7.98. The standard InChI is InChI=1S/C8H11NO2.C7H9NO2/c1-6-3-4-8(11-2)7(5-10)9-6;1-5-2-3-7(10)6(4-9)8-5/h3-4,10H,5H2,1-2H3;2-3,9-10H,4H2,1H3. The van der Waals surface area contributed by atoms with Gasteiger partial charge in [-0.15, -0.1) is 0 Å². The second-order valence-electron chi connectivity index (χ2n) is 4.34. The lowest BCUT2D eigenvalue weighted by Gasteiger charge is -2.04. The predicted octanol–water partition coefficient (Wildman–Crippen LogP) is 1.48. The molecule has 21 heavy (non-hydrogen) atoms. The Morgan fingerprint density at radius 3 is 1.90 bits per heavy atom. The Balaban J connectivity index is 0.000000211. The molecule has 2 aromatic rings. The van der Waals surface area contributed by atoms with E-state index in [1.807, 2.05) is 13.0 Å². The Hall–Kier alpha value is -2.18. The monoisotopic (exact) mass is 292 g/mol. The smallest absolute Gasteiger partial charge is 0.142 e. The van der Waals surface area contributed by atoms with Crippen LogP contribution in [0.3, 0.4) is 0 Å². The molecule has 0 aliphatic carbocycles. The van der Waals surface area contributed by atoms with Gasteiger partial charge in [0.1, 0.15) is 22.9 Å². The van der Waals surface area contributed by atoms with Crippen LogP contribution in [-0.2, 0) is 13.2 Å². The topological polar surface area (TPSA) is 95.7 Å². The molecule has 6 heteroatoms. The van der Waals surface area contributed by atoms with E-state index in [9.17, 15) is 0 Å². The minimum absolute atomic E-state index is 0.0492. The van der Waals surface area contributed by atoms with Crippen molar-refractivity contribution in [3.63, 3.8) is 0 Å². The lowest BCUT2D eigenvalue weighted by Crippen LogP contribution is -1.96. The number of aliphatic hydroxyl groups excluding tert-OH is 2. The third-order valence-electron chi connectivity index (χ3n) is 2.68. The molecular formula is C15H20N2O4. The normalized spacial score (nSPS) is 9.76. The number of aromatic hydroxyl groups is 1. The zero-order chi connectivity index (χ0) is 15.8. The van der Waals surface area contributed by atoms with Crippen molar-refractivity contribution in [2.24, 2.45) is 0 Å². The summed E-state index contributed by atoms with van der Waals surface area (Å²) in [6, 6.07) is 6.86. The molecule has 0 fully saturated rings. The second kappa shape index (κ2) is 8.18. The number of aryl methyl sites for hydroxylation is 2. The number of aliphatic hydroxyl groups is 2. The predicted molar refractivity (Wildman–Crippen MR) is 78.0 cm³/mol. The highest BCUT2D eigenvalue weighted by molar-refractivity contribution is 5.28. The SMILES string of the molecule is COc1ccc(C)nc1CO.Cc1ccc(O)c(CO)n1. The first-order chi connectivity index (χ1) is 10.0. The second-order valence-corrected chi connectivity index (χ2v) is 4.34. The summed E-state index contributed by atoms with van der Waals surface area (Å²) in [5.41, 5.74) is 2.60. The molecule has 2 heterocycles. The maximum Gasteiger partial charge on any atom is 0.142 e. The summed E-state index contributed by atoms with van der Waals surface area (Å²) in [6.07, 6.45) is 0. The highest BCUT2D eigenvalue weighted by atomic mass is 16.5. The zero-order valence-electron chi connectivity index (χ0n) is 12.4. The van der Waals surface area contributed by atoms with Crippen molar-refractivity contribution in [3.05, 3.63) is 47.0 Å². The van der Waals surface area contributed by atoms with Crippen LogP contribution in [-0.4, -0.2) is 32.4 Å². The summed E-state index contributed by atoms with van der Waals surface area (Å²) < 4.78 is 4.97. The number of ether oxygens (including phenoxy) is 1. The van der Waals surface area contributed by atoms with Crippen LogP contribution in [0.4, 0.5) is 0 Å². The molecule has 0 atom stereocenters. The average Bonchev–Trinajstić information content (AvgIpc) is 2.50. The van der Waals surface area contributed by atoms with E-state index in [1.165, 1.54) is 6.07 Å². The van der Waals surface area contributed by atoms with Crippen molar-refractivity contribution >= 4 is 0 Å². The zero-order valence-corrected chi connectivity index (χ0v) is 12.4. The molecule has 0 unspecified atom stereocenters.